The number of benzene rings is 3. The van der Waals surface area contributed by atoms with E-state index in [1.165, 1.54) is 4.90 Å². The van der Waals surface area contributed by atoms with Crippen LogP contribution in [0.25, 0.3) is 0 Å². The van der Waals surface area contributed by atoms with Crippen LogP contribution in [0.3, 0.4) is 0 Å². The zero-order chi connectivity index (χ0) is 21.8. The number of rotatable bonds is 3. The highest BCUT2D eigenvalue weighted by molar-refractivity contribution is 6.20. The molecule has 0 saturated heterocycles. The monoisotopic (exact) mass is 409 g/mol. The number of carbonyl (C=O) groups excluding carboxylic acids is 2. The van der Waals surface area contributed by atoms with Crippen LogP contribution < -0.4 is 15.5 Å². The molecule has 1 heterocycles. The fourth-order valence-corrected chi connectivity index (χ4v) is 3.36. The summed E-state index contributed by atoms with van der Waals surface area (Å²) in [6, 6.07) is 24.9. The van der Waals surface area contributed by atoms with Gasteiger partial charge in [0.1, 0.15) is 0 Å². The second-order valence-electron chi connectivity index (χ2n) is 6.95. The van der Waals surface area contributed by atoms with E-state index in [0.29, 0.717) is 22.6 Å². The fraction of sp³-hybridized carbons (Fsp3) is 0.0833. The molecule has 0 unspecified atom stereocenters. The summed E-state index contributed by atoms with van der Waals surface area (Å²) in [6.07, 6.45) is -1.11. The molecule has 7 heteroatoms. The number of fused-ring (bicyclic) bond motifs is 1. The number of hydrogen-bond acceptors (Lipinski definition) is 4. The number of nitriles is 1. The van der Waals surface area contributed by atoms with E-state index < -0.39 is 12.2 Å². The van der Waals surface area contributed by atoms with Gasteiger partial charge in [-0.05, 0) is 30.3 Å². The van der Waals surface area contributed by atoms with Crippen LogP contribution in [-0.2, 0) is 4.79 Å². The van der Waals surface area contributed by atoms with Gasteiger partial charge in [-0.25, -0.2) is 9.79 Å². The van der Waals surface area contributed by atoms with Crippen molar-refractivity contribution in [2.24, 2.45) is 4.99 Å². The van der Waals surface area contributed by atoms with Crippen molar-refractivity contribution < 1.29 is 9.59 Å². The zero-order valence-corrected chi connectivity index (χ0v) is 16.7. The van der Waals surface area contributed by atoms with Gasteiger partial charge in [-0.2, -0.15) is 5.26 Å². The van der Waals surface area contributed by atoms with Gasteiger partial charge in [-0.15, -0.1) is 0 Å². The highest BCUT2D eigenvalue weighted by Crippen LogP contribution is 2.27. The number of likely N-dealkylation sites (N-methyl/N-ethyl adjacent to an activating group) is 1. The van der Waals surface area contributed by atoms with Crippen LogP contribution in [0.2, 0.25) is 0 Å². The Morgan fingerprint density at radius 1 is 1.00 bits per heavy atom. The number of carbonyl (C=O) groups is 2. The van der Waals surface area contributed by atoms with Crippen LogP contribution in [0.4, 0.5) is 16.2 Å². The second-order valence-corrected chi connectivity index (χ2v) is 6.95. The third-order valence-electron chi connectivity index (χ3n) is 4.93. The first kappa shape index (κ1) is 19.9. The lowest BCUT2D eigenvalue weighted by Crippen LogP contribution is -2.47. The van der Waals surface area contributed by atoms with Gasteiger partial charge in [0.25, 0.3) is 5.91 Å². The van der Waals surface area contributed by atoms with E-state index in [2.05, 4.69) is 15.6 Å². The lowest BCUT2D eigenvalue weighted by molar-refractivity contribution is -0.119. The fourth-order valence-electron chi connectivity index (χ4n) is 3.36. The van der Waals surface area contributed by atoms with E-state index in [0.717, 1.165) is 11.1 Å². The molecule has 0 radical (unpaired) electrons. The van der Waals surface area contributed by atoms with E-state index >= 15 is 0 Å². The van der Waals surface area contributed by atoms with Crippen molar-refractivity contribution >= 4 is 29.0 Å². The molecule has 0 saturated carbocycles. The van der Waals surface area contributed by atoms with Crippen LogP contribution in [0, 0.1) is 11.3 Å². The van der Waals surface area contributed by atoms with E-state index in [1.807, 2.05) is 60.7 Å². The summed E-state index contributed by atoms with van der Waals surface area (Å²) in [6.45, 7) is 0. The molecule has 1 aliphatic rings. The Hall–Kier alpha value is -4.44. The first-order valence-electron chi connectivity index (χ1n) is 9.64. The average molecular weight is 409 g/mol. The first-order valence-corrected chi connectivity index (χ1v) is 9.64. The summed E-state index contributed by atoms with van der Waals surface area (Å²) in [5.41, 5.74) is 3.98. The van der Waals surface area contributed by atoms with Crippen molar-refractivity contribution in [3.05, 3.63) is 95.6 Å². The van der Waals surface area contributed by atoms with Crippen molar-refractivity contribution in [3.8, 4) is 6.07 Å². The molecule has 4 rings (SSSR count). The van der Waals surface area contributed by atoms with Crippen LogP contribution in [0.1, 0.15) is 16.7 Å². The van der Waals surface area contributed by atoms with Crippen LogP contribution in [0.15, 0.2) is 83.9 Å². The largest absolute Gasteiger partial charge is 0.321 e. The lowest BCUT2D eigenvalue weighted by Gasteiger charge is -2.21. The predicted octanol–water partition coefficient (Wildman–Crippen LogP) is 3.52. The minimum atomic E-state index is -1.11. The summed E-state index contributed by atoms with van der Waals surface area (Å²) in [5.74, 6) is -0.353. The summed E-state index contributed by atoms with van der Waals surface area (Å²) < 4.78 is 0. The predicted molar refractivity (Wildman–Crippen MR) is 119 cm³/mol. The number of nitrogens with zero attached hydrogens (tertiary/aromatic N) is 3. The van der Waals surface area contributed by atoms with Gasteiger partial charge in [0.05, 0.1) is 23.0 Å². The Kier molecular flexibility index (Phi) is 5.45. The van der Waals surface area contributed by atoms with Crippen LogP contribution in [0.5, 0.6) is 0 Å². The number of nitrogens with one attached hydrogen (secondary N) is 2. The molecule has 1 aliphatic heterocycles. The Morgan fingerprint density at radius 2 is 1.68 bits per heavy atom. The highest BCUT2D eigenvalue weighted by atomic mass is 16.2. The van der Waals surface area contributed by atoms with Gasteiger partial charge in [0, 0.05) is 23.9 Å². The Balaban J connectivity index is 1.66. The molecule has 0 aromatic heterocycles. The van der Waals surface area contributed by atoms with Crippen LogP contribution >= 0.6 is 0 Å². The number of anilines is 2. The minimum absolute atomic E-state index is 0.353. The molecule has 152 valence electrons. The van der Waals surface area contributed by atoms with Gasteiger partial charge < -0.3 is 15.5 Å². The molecule has 7 nitrogen and oxygen atoms in total. The molecule has 3 aromatic carbocycles. The molecular formula is C24H19N5O2. The molecule has 0 fully saturated rings. The number of hydrogen-bond donors (Lipinski definition) is 2. The third-order valence-corrected chi connectivity index (χ3v) is 4.93. The third kappa shape index (κ3) is 4.14. The van der Waals surface area contributed by atoms with Crippen molar-refractivity contribution in [2.45, 2.75) is 6.17 Å². The number of urea groups is 1. The summed E-state index contributed by atoms with van der Waals surface area (Å²) in [5, 5.41) is 14.2. The molecule has 0 spiro atoms. The number of amides is 3. The second kappa shape index (κ2) is 8.51. The quantitative estimate of drug-likeness (QED) is 0.693. The maximum atomic E-state index is 13.1. The van der Waals surface area contributed by atoms with Gasteiger partial charge in [-0.3, -0.25) is 4.79 Å². The van der Waals surface area contributed by atoms with E-state index in [4.69, 9.17) is 5.26 Å². The van der Waals surface area contributed by atoms with Crippen molar-refractivity contribution in [1.29, 1.82) is 5.26 Å². The molecule has 0 aliphatic carbocycles. The van der Waals surface area contributed by atoms with Gasteiger partial charge in [-0.1, -0.05) is 48.5 Å². The summed E-state index contributed by atoms with van der Waals surface area (Å²) >= 11 is 0. The number of aliphatic imine (C=N–C) groups is 1. The smallest absolute Gasteiger partial charge is 0.311 e. The van der Waals surface area contributed by atoms with Gasteiger partial charge in [0.15, 0.2) is 0 Å². The number of para-hydroxylation sites is 1. The Bertz CT molecular complexity index is 1200. The molecule has 2 N–H and O–H groups in total. The van der Waals surface area contributed by atoms with Gasteiger partial charge >= 0.3 is 6.03 Å². The minimum Gasteiger partial charge on any atom is -0.311 e. The highest BCUT2D eigenvalue weighted by Gasteiger charge is 2.30. The van der Waals surface area contributed by atoms with Crippen LogP contribution in [-0.4, -0.2) is 30.9 Å². The lowest BCUT2D eigenvalue weighted by atomic mass is 10.0. The van der Waals surface area contributed by atoms with Gasteiger partial charge in [0.2, 0.25) is 6.17 Å². The first-order chi connectivity index (χ1) is 15.1. The molecule has 31 heavy (non-hydrogen) atoms. The van der Waals surface area contributed by atoms with Crippen molar-refractivity contribution in [3.63, 3.8) is 0 Å². The molecule has 0 bridgehead atoms. The Morgan fingerprint density at radius 3 is 2.39 bits per heavy atom. The number of benzodiazepines with no additional fused rings is 1. The molecule has 3 aromatic rings. The molecular weight excluding hydrogens is 390 g/mol. The standard InChI is InChI=1S/C24H19N5O2/c1-29-20-10-6-5-9-19(20)21(17-7-3-2-4-8-17)27-22(23(29)30)28-24(31)26-18-13-11-16(15-25)12-14-18/h2-14,22H,1H3,(H2,26,28,31)/t22-/m0/s1. The van der Waals surface area contributed by atoms with Crippen molar-refractivity contribution in [2.75, 3.05) is 17.3 Å². The van der Waals surface area contributed by atoms with E-state index in [-0.39, 0.29) is 5.91 Å². The molecule has 1 atom stereocenters. The molecule has 3 amide bonds. The topological polar surface area (TPSA) is 97.6 Å². The normalized spacial score (nSPS) is 15.2. The van der Waals surface area contributed by atoms with E-state index in [9.17, 15) is 9.59 Å². The Labute approximate surface area is 179 Å². The maximum Gasteiger partial charge on any atom is 0.321 e. The zero-order valence-electron chi connectivity index (χ0n) is 16.7. The SMILES string of the molecule is CN1C(=O)[C@H](NC(=O)Nc2ccc(C#N)cc2)N=C(c2ccccc2)c2ccccc21. The maximum absolute atomic E-state index is 13.1. The van der Waals surface area contributed by atoms with E-state index in [1.54, 1.807) is 31.3 Å². The average Bonchev–Trinajstić information content (AvgIpc) is 2.91. The van der Waals surface area contributed by atoms with Crippen molar-refractivity contribution in [1.82, 2.24) is 5.32 Å². The summed E-state index contributed by atoms with van der Waals surface area (Å²) in [4.78, 5) is 31.8. The summed E-state index contributed by atoms with van der Waals surface area (Å²) in [7, 11) is 1.66.